The summed E-state index contributed by atoms with van der Waals surface area (Å²) in [5, 5.41) is 11.8. The highest BCUT2D eigenvalue weighted by Gasteiger charge is 2.41. The van der Waals surface area contributed by atoms with Crippen LogP contribution in [0.15, 0.2) is 18.3 Å². The first-order valence-electron chi connectivity index (χ1n) is 7.27. The smallest absolute Gasteiger partial charge is 0.271 e. The van der Waals surface area contributed by atoms with E-state index >= 15 is 0 Å². The molecule has 2 heterocycles. The second-order valence-corrected chi connectivity index (χ2v) is 5.40. The van der Waals surface area contributed by atoms with E-state index in [1.807, 2.05) is 0 Å². The van der Waals surface area contributed by atoms with Crippen LogP contribution in [-0.2, 0) is 4.74 Å². The molecule has 1 aliphatic heterocycles. The van der Waals surface area contributed by atoms with E-state index in [-0.39, 0.29) is 24.7 Å². The van der Waals surface area contributed by atoms with Crippen LogP contribution in [0.1, 0.15) is 35.3 Å². The van der Waals surface area contributed by atoms with Crippen molar-refractivity contribution in [3.8, 4) is 11.8 Å². The lowest BCUT2D eigenvalue weighted by atomic mass is 10.1. The molecule has 21 heavy (non-hydrogen) atoms. The van der Waals surface area contributed by atoms with Gasteiger partial charge in [-0.1, -0.05) is 11.8 Å². The molecule has 0 spiro atoms. The largest absolute Gasteiger partial charge is 0.384 e. The minimum Gasteiger partial charge on any atom is -0.384 e. The molecule has 3 rings (SSSR count). The van der Waals surface area contributed by atoms with Gasteiger partial charge in [0.25, 0.3) is 5.91 Å². The number of nitrogens with one attached hydrogen (secondary N) is 1. The first-order chi connectivity index (χ1) is 10.3. The van der Waals surface area contributed by atoms with Gasteiger partial charge in [-0.2, -0.15) is 0 Å². The number of carbonyl (C=O) groups is 1. The molecule has 1 saturated carbocycles. The molecule has 0 aromatic carbocycles. The molecule has 5 nitrogen and oxygen atoms in total. The number of aromatic nitrogens is 1. The Labute approximate surface area is 123 Å². The Balaban J connectivity index is 1.73. The van der Waals surface area contributed by atoms with E-state index in [9.17, 15) is 4.79 Å². The Kier molecular flexibility index (Phi) is 4.18. The van der Waals surface area contributed by atoms with Crippen molar-refractivity contribution in [2.24, 2.45) is 5.92 Å². The van der Waals surface area contributed by atoms with Gasteiger partial charge in [-0.05, 0) is 37.3 Å². The van der Waals surface area contributed by atoms with Crippen LogP contribution in [0, 0.1) is 17.8 Å². The highest BCUT2D eigenvalue weighted by molar-refractivity contribution is 5.95. The van der Waals surface area contributed by atoms with E-state index in [0.29, 0.717) is 23.8 Å². The highest BCUT2D eigenvalue weighted by Crippen LogP contribution is 2.38. The van der Waals surface area contributed by atoms with Gasteiger partial charge < -0.3 is 15.2 Å². The quantitative estimate of drug-likeness (QED) is 0.803. The van der Waals surface area contributed by atoms with E-state index in [4.69, 9.17) is 9.84 Å². The van der Waals surface area contributed by atoms with Crippen molar-refractivity contribution >= 4 is 5.91 Å². The van der Waals surface area contributed by atoms with Crippen LogP contribution in [-0.4, -0.2) is 41.4 Å². The van der Waals surface area contributed by atoms with Crippen molar-refractivity contribution < 1.29 is 14.6 Å². The Morgan fingerprint density at radius 1 is 1.48 bits per heavy atom. The van der Waals surface area contributed by atoms with Crippen LogP contribution in [0.3, 0.4) is 0 Å². The molecule has 5 heteroatoms. The fourth-order valence-corrected chi connectivity index (χ4v) is 2.71. The van der Waals surface area contributed by atoms with Crippen molar-refractivity contribution in [2.75, 3.05) is 13.2 Å². The van der Waals surface area contributed by atoms with Crippen LogP contribution in [0.4, 0.5) is 0 Å². The zero-order valence-corrected chi connectivity index (χ0v) is 11.7. The summed E-state index contributed by atoms with van der Waals surface area (Å²) in [5.74, 6) is 5.68. The zero-order chi connectivity index (χ0) is 14.7. The minimum atomic E-state index is -0.240. The number of carbonyl (C=O) groups excluding carboxylic acids is 1. The monoisotopic (exact) mass is 286 g/mol. The first-order valence-corrected chi connectivity index (χ1v) is 7.27. The summed E-state index contributed by atoms with van der Waals surface area (Å²) >= 11 is 0. The fourth-order valence-electron chi connectivity index (χ4n) is 2.71. The number of hydrogen-bond donors (Lipinski definition) is 2. The SMILES string of the molecule is O=C(NC1CCOC1C1CC1)c1ncccc1C#CCO. The van der Waals surface area contributed by atoms with Gasteiger partial charge in [0, 0.05) is 12.8 Å². The number of aliphatic hydroxyl groups is 1. The molecule has 2 unspecified atom stereocenters. The Bertz CT molecular complexity index is 587. The molecule has 0 radical (unpaired) electrons. The topological polar surface area (TPSA) is 71.5 Å². The standard InChI is InChI=1S/C16H18N2O3/c19-9-2-4-11-3-1-8-17-14(11)16(20)18-13-7-10-21-15(13)12-5-6-12/h1,3,8,12-13,15,19H,5-7,9-10H2,(H,18,20). The maximum Gasteiger partial charge on any atom is 0.271 e. The molecule has 2 atom stereocenters. The maximum atomic E-state index is 12.4. The lowest BCUT2D eigenvalue weighted by Gasteiger charge is -2.19. The molecule has 1 saturated heterocycles. The number of amides is 1. The van der Waals surface area contributed by atoms with Crippen molar-refractivity contribution in [2.45, 2.75) is 31.4 Å². The lowest BCUT2D eigenvalue weighted by molar-refractivity contribution is 0.0727. The van der Waals surface area contributed by atoms with Gasteiger partial charge in [0.1, 0.15) is 12.3 Å². The fraction of sp³-hybridized carbons (Fsp3) is 0.500. The van der Waals surface area contributed by atoms with Crippen molar-refractivity contribution in [3.05, 3.63) is 29.6 Å². The van der Waals surface area contributed by atoms with Crippen LogP contribution < -0.4 is 5.32 Å². The summed E-state index contributed by atoms with van der Waals surface area (Å²) in [6, 6.07) is 3.52. The molecular weight excluding hydrogens is 268 g/mol. The predicted octanol–water partition coefficient (Wildman–Crippen LogP) is 0.723. The Hall–Kier alpha value is -1.90. The van der Waals surface area contributed by atoms with Gasteiger partial charge in [0.2, 0.25) is 0 Å². The van der Waals surface area contributed by atoms with Gasteiger partial charge in [-0.15, -0.1) is 0 Å². The summed E-state index contributed by atoms with van der Waals surface area (Å²) in [7, 11) is 0. The van der Waals surface area contributed by atoms with Gasteiger partial charge in [-0.25, -0.2) is 4.98 Å². The van der Waals surface area contributed by atoms with Crippen LogP contribution >= 0.6 is 0 Å². The molecule has 1 aliphatic carbocycles. The van der Waals surface area contributed by atoms with Gasteiger partial charge >= 0.3 is 0 Å². The van der Waals surface area contributed by atoms with E-state index < -0.39 is 0 Å². The number of rotatable bonds is 3. The molecular formula is C16H18N2O3. The third-order valence-electron chi connectivity index (χ3n) is 3.86. The number of hydrogen-bond acceptors (Lipinski definition) is 4. The second-order valence-electron chi connectivity index (χ2n) is 5.40. The molecule has 2 N–H and O–H groups in total. The highest BCUT2D eigenvalue weighted by atomic mass is 16.5. The summed E-state index contributed by atoms with van der Waals surface area (Å²) in [5.41, 5.74) is 0.839. The Morgan fingerprint density at radius 3 is 3.10 bits per heavy atom. The number of pyridine rings is 1. The molecule has 1 aromatic rings. The second kappa shape index (κ2) is 6.25. The summed E-state index contributed by atoms with van der Waals surface area (Å²) in [6.45, 7) is 0.460. The molecule has 2 aliphatic rings. The average molecular weight is 286 g/mol. The van der Waals surface area contributed by atoms with E-state index in [0.717, 1.165) is 6.42 Å². The number of ether oxygens (including phenoxy) is 1. The summed E-state index contributed by atoms with van der Waals surface area (Å²) in [6.07, 6.45) is 4.94. The molecule has 0 bridgehead atoms. The third-order valence-corrected chi connectivity index (χ3v) is 3.86. The van der Waals surface area contributed by atoms with Gasteiger partial charge in [0.15, 0.2) is 0 Å². The van der Waals surface area contributed by atoms with Crippen LogP contribution in [0.25, 0.3) is 0 Å². The van der Waals surface area contributed by atoms with Gasteiger partial charge in [0.05, 0.1) is 17.7 Å². The average Bonchev–Trinajstić information content (AvgIpc) is 3.25. The third kappa shape index (κ3) is 3.23. The molecule has 2 fully saturated rings. The zero-order valence-electron chi connectivity index (χ0n) is 11.7. The van der Waals surface area contributed by atoms with E-state index in [1.54, 1.807) is 18.3 Å². The van der Waals surface area contributed by atoms with Crippen molar-refractivity contribution in [1.82, 2.24) is 10.3 Å². The van der Waals surface area contributed by atoms with E-state index in [1.165, 1.54) is 12.8 Å². The van der Waals surface area contributed by atoms with Crippen molar-refractivity contribution in [3.63, 3.8) is 0 Å². The number of aliphatic hydroxyl groups excluding tert-OH is 1. The maximum absolute atomic E-state index is 12.4. The van der Waals surface area contributed by atoms with E-state index in [2.05, 4.69) is 22.1 Å². The minimum absolute atomic E-state index is 0.0608. The summed E-state index contributed by atoms with van der Waals surface area (Å²) in [4.78, 5) is 16.5. The molecule has 110 valence electrons. The lowest BCUT2D eigenvalue weighted by Crippen LogP contribution is -2.41. The molecule has 1 aromatic heterocycles. The van der Waals surface area contributed by atoms with Crippen LogP contribution in [0.5, 0.6) is 0 Å². The molecule has 1 amide bonds. The summed E-state index contributed by atoms with van der Waals surface area (Å²) < 4.78 is 5.73. The van der Waals surface area contributed by atoms with Crippen molar-refractivity contribution in [1.29, 1.82) is 0 Å². The normalized spacial score (nSPS) is 24.2. The first kappa shape index (κ1) is 14.1. The number of nitrogens with zero attached hydrogens (tertiary/aromatic N) is 1. The Morgan fingerprint density at radius 2 is 2.33 bits per heavy atom. The van der Waals surface area contributed by atoms with Gasteiger partial charge in [-0.3, -0.25) is 4.79 Å². The van der Waals surface area contributed by atoms with Crippen LogP contribution in [0.2, 0.25) is 0 Å². The predicted molar refractivity (Wildman–Crippen MR) is 76.5 cm³/mol.